The molecule has 0 bridgehead atoms. The zero-order chi connectivity index (χ0) is 21.7. The third-order valence-corrected chi connectivity index (χ3v) is 8.09. The van der Waals surface area contributed by atoms with Crippen LogP contribution < -0.4 is 0 Å². The van der Waals surface area contributed by atoms with E-state index in [2.05, 4.69) is 13.8 Å². The quantitative estimate of drug-likeness (QED) is 0.383. The van der Waals surface area contributed by atoms with E-state index in [-0.39, 0.29) is 35.2 Å². The molecule has 2 aliphatic heterocycles. The van der Waals surface area contributed by atoms with Crippen molar-refractivity contribution in [3.63, 3.8) is 0 Å². The number of cyclic esters (lactones) is 1. The van der Waals surface area contributed by atoms with Crippen LogP contribution in [0.5, 0.6) is 0 Å². The molecule has 7 heteroatoms. The highest BCUT2D eigenvalue weighted by molar-refractivity contribution is 5.85. The summed E-state index contributed by atoms with van der Waals surface area (Å²) in [6, 6.07) is 0. The van der Waals surface area contributed by atoms with Gasteiger partial charge in [0.05, 0.1) is 6.61 Å². The van der Waals surface area contributed by atoms with Crippen molar-refractivity contribution in [3.8, 4) is 0 Å². The Morgan fingerprint density at radius 1 is 1.27 bits per heavy atom. The number of ether oxygens (including phenoxy) is 4. The molecule has 6 atom stereocenters. The zero-order valence-corrected chi connectivity index (χ0v) is 18.3. The molecule has 0 aromatic heterocycles. The minimum absolute atomic E-state index is 0.00290. The van der Waals surface area contributed by atoms with Gasteiger partial charge in [-0.15, -0.1) is 0 Å². The van der Waals surface area contributed by atoms with Gasteiger partial charge in [-0.3, -0.25) is 9.59 Å². The molecular weight excluding hydrogens is 388 g/mol. The fourth-order valence-electron chi connectivity index (χ4n) is 6.43. The molecular formula is C23H32O7. The fraction of sp³-hybridized carbons (Fsp3) is 0.783. The summed E-state index contributed by atoms with van der Waals surface area (Å²) in [4.78, 5) is 35.8. The van der Waals surface area contributed by atoms with Gasteiger partial charge in [0.25, 0.3) is 0 Å². The monoisotopic (exact) mass is 420 g/mol. The Hall–Kier alpha value is -1.89. The van der Waals surface area contributed by atoms with Crippen LogP contribution in [-0.4, -0.2) is 48.4 Å². The summed E-state index contributed by atoms with van der Waals surface area (Å²) < 4.78 is 23.1. The summed E-state index contributed by atoms with van der Waals surface area (Å²) in [5.41, 5.74) is -0.713. The number of hydrogen-bond donors (Lipinski definition) is 0. The summed E-state index contributed by atoms with van der Waals surface area (Å²) in [5, 5.41) is 0. The molecule has 166 valence electrons. The second kappa shape index (κ2) is 7.36. The van der Waals surface area contributed by atoms with E-state index in [0.29, 0.717) is 19.6 Å². The van der Waals surface area contributed by atoms with Crippen molar-refractivity contribution in [2.75, 3.05) is 13.2 Å². The summed E-state index contributed by atoms with van der Waals surface area (Å²) >= 11 is 0. The number of fused-ring (bicyclic) bond motifs is 2. The van der Waals surface area contributed by atoms with Crippen LogP contribution in [0.3, 0.4) is 0 Å². The summed E-state index contributed by atoms with van der Waals surface area (Å²) in [6.45, 7) is 8.14. The van der Waals surface area contributed by atoms with Gasteiger partial charge < -0.3 is 18.9 Å². The van der Waals surface area contributed by atoms with Gasteiger partial charge in [-0.05, 0) is 55.4 Å². The number of rotatable bonds is 5. The Bertz CT molecular complexity index is 782. The number of epoxide rings is 1. The van der Waals surface area contributed by atoms with Gasteiger partial charge in [-0.2, -0.15) is 0 Å². The molecule has 1 saturated heterocycles. The molecule has 7 nitrogen and oxygen atoms in total. The largest absolute Gasteiger partial charge is 0.458 e. The van der Waals surface area contributed by atoms with Crippen LogP contribution in [-0.2, 0) is 33.3 Å². The molecule has 4 aliphatic rings. The highest BCUT2D eigenvalue weighted by atomic mass is 16.7. The van der Waals surface area contributed by atoms with E-state index in [1.165, 1.54) is 13.8 Å². The van der Waals surface area contributed by atoms with Gasteiger partial charge in [0.15, 0.2) is 5.60 Å². The van der Waals surface area contributed by atoms with Gasteiger partial charge in [0, 0.05) is 25.8 Å². The predicted octanol–water partition coefficient (Wildman–Crippen LogP) is 3.10. The molecule has 0 amide bonds. The maximum absolute atomic E-state index is 12.3. The summed E-state index contributed by atoms with van der Waals surface area (Å²) in [7, 11) is 0. The van der Waals surface area contributed by atoms with Gasteiger partial charge in [0.2, 0.25) is 0 Å². The fourth-order valence-corrected chi connectivity index (χ4v) is 6.43. The lowest BCUT2D eigenvalue weighted by atomic mass is 9.47. The molecule has 0 aromatic carbocycles. The first-order valence-corrected chi connectivity index (χ1v) is 11.0. The topological polar surface area (TPSA) is 91.4 Å². The standard InChI is InChI=1S/C23H32O7/c1-14-10-19(29-15(2)24)23(30-16(3)25)18(6-5-8-22(23)13-28-22)21(14,4)9-7-17-11-20(26)27-12-17/h11,14,18-19H,5-10,12-13H2,1-4H3/t14-,18-,19+,21+,22+,23-/m0/s1. The van der Waals surface area contributed by atoms with Crippen molar-refractivity contribution in [3.05, 3.63) is 11.6 Å². The summed E-state index contributed by atoms with van der Waals surface area (Å²) in [6.07, 6.45) is 5.93. The van der Waals surface area contributed by atoms with Crippen LogP contribution in [0.2, 0.25) is 0 Å². The van der Waals surface area contributed by atoms with Crippen LogP contribution in [0.25, 0.3) is 0 Å². The van der Waals surface area contributed by atoms with Crippen molar-refractivity contribution in [2.24, 2.45) is 17.3 Å². The van der Waals surface area contributed by atoms with E-state index in [4.69, 9.17) is 18.9 Å². The Labute approximate surface area is 177 Å². The zero-order valence-electron chi connectivity index (χ0n) is 18.3. The normalized spacial score (nSPS) is 42.2. The highest BCUT2D eigenvalue weighted by Crippen LogP contribution is 2.66. The van der Waals surface area contributed by atoms with Crippen molar-refractivity contribution in [2.45, 2.75) is 83.5 Å². The lowest BCUT2D eigenvalue weighted by Gasteiger charge is -2.62. The van der Waals surface area contributed by atoms with Crippen molar-refractivity contribution in [1.82, 2.24) is 0 Å². The van der Waals surface area contributed by atoms with Gasteiger partial charge in [0.1, 0.15) is 18.3 Å². The molecule has 0 aromatic rings. The smallest absolute Gasteiger partial charge is 0.331 e. The Morgan fingerprint density at radius 2 is 2.00 bits per heavy atom. The molecule has 0 N–H and O–H groups in total. The minimum Gasteiger partial charge on any atom is -0.458 e. The van der Waals surface area contributed by atoms with Gasteiger partial charge in [-0.1, -0.05) is 13.8 Å². The lowest BCUT2D eigenvalue weighted by molar-refractivity contribution is -0.262. The van der Waals surface area contributed by atoms with Gasteiger partial charge in [-0.25, -0.2) is 4.79 Å². The molecule has 2 heterocycles. The first kappa shape index (κ1) is 21.3. The number of carbonyl (C=O) groups is 3. The van der Waals surface area contributed by atoms with Crippen molar-refractivity contribution >= 4 is 17.9 Å². The van der Waals surface area contributed by atoms with Gasteiger partial charge >= 0.3 is 17.9 Å². The summed E-state index contributed by atoms with van der Waals surface area (Å²) in [5.74, 6) is -0.781. The van der Waals surface area contributed by atoms with E-state index in [0.717, 1.165) is 37.7 Å². The van der Waals surface area contributed by atoms with E-state index >= 15 is 0 Å². The molecule has 1 spiro atoms. The first-order valence-electron chi connectivity index (χ1n) is 11.0. The van der Waals surface area contributed by atoms with Crippen LogP contribution in [0, 0.1) is 17.3 Å². The SMILES string of the molecule is CC(=O)O[C@@H]1C[C@H](C)[C@@](C)(CCC2=CC(=O)OC2)[C@@H]2CCC[C@@]3(CO3)[C@@]12OC(C)=O. The maximum atomic E-state index is 12.3. The van der Waals surface area contributed by atoms with Crippen molar-refractivity contribution < 1.29 is 33.3 Å². The average Bonchev–Trinajstić information content (AvgIpc) is 3.32. The first-order chi connectivity index (χ1) is 14.1. The van der Waals surface area contributed by atoms with E-state index < -0.39 is 17.3 Å². The molecule has 3 fully saturated rings. The molecule has 0 unspecified atom stereocenters. The Kier molecular flexibility index (Phi) is 5.24. The average molecular weight is 421 g/mol. The van der Waals surface area contributed by atoms with Crippen LogP contribution in [0.1, 0.15) is 66.2 Å². The molecule has 4 rings (SSSR count). The molecule has 0 radical (unpaired) electrons. The molecule has 2 saturated carbocycles. The third kappa shape index (κ3) is 3.26. The predicted molar refractivity (Wildman–Crippen MR) is 106 cm³/mol. The molecule has 30 heavy (non-hydrogen) atoms. The highest BCUT2D eigenvalue weighted by Gasteiger charge is 2.77. The van der Waals surface area contributed by atoms with Crippen LogP contribution in [0.15, 0.2) is 11.6 Å². The third-order valence-electron chi connectivity index (χ3n) is 8.09. The lowest BCUT2D eigenvalue weighted by Crippen LogP contribution is -2.71. The Morgan fingerprint density at radius 3 is 2.57 bits per heavy atom. The second-order valence-electron chi connectivity index (χ2n) is 9.77. The maximum Gasteiger partial charge on any atom is 0.331 e. The number of esters is 3. The van der Waals surface area contributed by atoms with Crippen molar-refractivity contribution in [1.29, 1.82) is 0 Å². The minimum atomic E-state index is -0.972. The van der Waals surface area contributed by atoms with E-state index in [1.54, 1.807) is 6.08 Å². The number of hydrogen-bond acceptors (Lipinski definition) is 7. The van der Waals surface area contributed by atoms with E-state index in [1.807, 2.05) is 0 Å². The van der Waals surface area contributed by atoms with Crippen LogP contribution >= 0.6 is 0 Å². The molecule has 2 aliphatic carbocycles. The number of carbonyl (C=O) groups excluding carboxylic acids is 3. The Balaban J connectivity index is 1.73. The second-order valence-corrected chi connectivity index (χ2v) is 9.77. The van der Waals surface area contributed by atoms with E-state index in [9.17, 15) is 14.4 Å². The van der Waals surface area contributed by atoms with Crippen LogP contribution in [0.4, 0.5) is 0 Å².